The predicted octanol–water partition coefficient (Wildman–Crippen LogP) is 1.21. The van der Waals surface area contributed by atoms with E-state index in [0.717, 1.165) is 25.4 Å². The number of nitrogens with one attached hydrogen (secondary N) is 2. The quantitative estimate of drug-likeness (QED) is 0.731. The number of rotatable bonds is 5. The largest absolute Gasteiger partial charge is 0.316 e. The van der Waals surface area contributed by atoms with Crippen LogP contribution < -0.4 is 10.6 Å². The van der Waals surface area contributed by atoms with E-state index in [9.17, 15) is 0 Å². The maximum atomic E-state index is 4.12. The van der Waals surface area contributed by atoms with Crippen LogP contribution in [0.5, 0.6) is 0 Å². The van der Waals surface area contributed by atoms with Crippen molar-refractivity contribution in [3.63, 3.8) is 0 Å². The van der Waals surface area contributed by atoms with E-state index in [1.165, 1.54) is 31.5 Å². The lowest BCUT2D eigenvalue weighted by molar-refractivity contribution is 0.361. The average Bonchev–Trinajstić information content (AvgIpc) is 2.37. The molecule has 2 rings (SSSR count). The summed E-state index contributed by atoms with van der Waals surface area (Å²) in [5, 5.41) is 6.98. The van der Waals surface area contributed by atoms with Gasteiger partial charge >= 0.3 is 0 Å². The summed E-state index contributed by atoms with van der Waals surface area (Å²) < 4.78 is 0. The Balaban J connectivity index is 1.58. The van der Waals surface area contributed by atoms with Gasteiger partial charge in [-0.05, 0) is 63.0 Å². The molecule has 0 aromatic carbocycles. The lowest BCUT2D eigenvalue weighted by Gasteiger charge is -2.22. The Bertz CT molecular complexity index is 280. The molecule has 1 saturated heterocycles. The van der Waals surface area contributed by atoms with Crippen molar-refractivity contribution in [1.82, 2.24) is 15.6 Å². The van der Waals surface area contributed by atoms with E-state index in [-0.39, 0.29) is 0 Å². The topological polar surface area (TPSA) is 37.0 Å². The molecule has 88 valence electrons. The van der Waals surface area contributed by atoms with Crippen molar-refractivity contribution in [1.29, 1.82) is 0 Å². The molecule has 3 heteroatoms. The van der Waals surface area contributed by atoms with E-state index in [4.69, 9.17) is 0 Å². The minimum atomic E-state index is 0.822. The van der Waals surface area contributed by atoms with Gasteiger partial charge in [0.2, 0.25) is 0 Å². The highest BCUT2D eigenvalue weighted by Gasteiger charge is 2.11. The number of pyridine rings is 1. The van der Waals surface area contributed by atoms with Crippen molar-refractivity contribution < 1.29 is 0 Å². The van der Waals surface area contributed by atoms with Crippen LogP contribution in [0.15, 0.2) is 24.5 Å². The van der Waals surface area contributed by atoms with Crippen LogP contribution in [-0.4, -0.2) is 31.2 Å². The lowest BCUT2D eigenvalue weighted by atomic mass is 10.00. The number of piperidine rings is 1. The van der Waals surface area contributed by atoms with Gasteiger partial charge in [-0.25, -0.2) is 0 Å². The lowest BCUT2D eigenvalue weighted by Crippen LogP contribution is -2.36. The Kier molecular flexibility index (Phi) is 4.77. The molecule has 0 amide bonds. The zero-order chi connectivity index (χ0) is 11.1. The van der Waals surface area contributed by atoms with Crippen LogP contribution in [0.3, 0.4) is 0 Å². The first-order valence-corrected chi connectivity index (χ1v) is 6.25. The van der Waals surface area contributed by atoms with Gasteiger partial charge < -0.3 is 10.6 Å². The van der Waals surface area contributed by atoms with Gasteiger partial charge in [0.1, 0.15) is 0 Å². The number of nitrogens with zero attached hydrogens (tertiary/aromatic N) is 1. The number of aromatic nitrogens is 1. The summed E-state index contributed by atoms with van der Waals surface area (Å²) in [6.45, 7) is 4.58. The number of hydrogen-bond donors (Lipinski definition) is 2. The predicted molar refractivity (Wildman–Crippen MR) is 66.4 cm³/mol. The summed E-state index contributed by atoms with van der Waals surface area (Å²) in [5.74, 6) is 0.822. The number of hydrogen-bond acceptors (Lipinski definition) is 3. The summed E-state index contributed by atoms with van der Waals surface area (Å²) >= 11 is 0. The van der Waals surface area contributed by atoms with Crippen molar-refractivity contribution in [2.45, 2.75) is 19.3 Å². The van der Waals surface area contributed by atoms with E-state index >= 15 is 0 Å². The van der Waals surface area contributed by atoms with Gasteiger partial charge in [0.25, 0.3) is 0 Å². The Hall–Kier alpha value is -0.930. The van der Waals surface area contributed by atoms with Crippen molar-refractivity contribution >= 4 is 0 Å². The van der Waals surface area contributed by atoms with Crippen molar-refractivity contribution in [3.05, 3.63) is 30.1 Å². The molecule has 2 N–H and O–H groups in total. The van der Waals surface area contributed by atoms with Crippen LogP contribution in [0, 0.1) is 5.92 Å². The van der Waals surface area contributed by atoms with Gasteiger partial charge in [0.15, 0.2) is 0 Å². The zero-order valence-corrected chi connectivity index (χ0v) is 9.78. The molecule has 1 atom stereocenters. The Morgan fingerprint density at radius 2 is 2.50 bits per heavy atom. The van der Waals surface area contributed by atoms with E-state index in [2.05, 4.69) is 21.7 Å². The average molecular weight is 219 g/mol. The SMILES string of the molecule is c1cncc(CCNCC2CCCNC2)c1. The van der Waals surface area contributed by atoms with E-state index in [1.54, 1.807) is 0 Å². The molecule has 0 bridgehead atoms. The van der Waals surface area contributed by atoms with Gasteiger partial charge in [-0.1, -0.05) is 6.07 Å². The van der Waals surface area contributed by atoms with Gasteiger partial charge in [-0.2, -0.15) is 0 Å². The van der Waals surface area contributed by atoms with Gasteiger partial charge in [-0.15, -0.1) is 0 Å². The van der Waals surface area contributed by atoms with Gasteiger partial charge in [0, 0.05) is 12.4 Å². The minimum Gasteiger partial charge on any atom is -0.316 e. The minimum absolute atomic E-state index is 0.822. The molecule has 1 aromatic rings. The first-order valence-electron chi connectivity index (χ1n) is 6.25. The van der Waals surface area contributed by atoms with Crippen molar-refractivity contribution in [2.75, 3.05) is 26.2 Å². The molecule has 1 aromatic heterocycles. The second-order valence-corrected chi connectivity index (χ2v) is 4.53. The molecule has 2 heterocycles. The molecule has 0 spiro atoms. The summed E-state index contributed by atoms with van der Waals surface area (Å²) in [7, 11) is 0. The van der Waals surface area contributed by atoms with Crippen molar-refractivity contribution in [3.8, 4) is 0 Å². The Labute approximate surface area is 97.7 Å². The molecule has 0 saturated carbocycles. The molecule has 1 aliphatic heterocycles. The molecule has 1 aliphatic rings. The summed E-state index contributed by atoms with van der Waals surface area (Å²) in [6.07, 6.45) is 7.55. The maximum absolute atomic E-state index is 4.12. The summed E-state index contributed by atoms with van der Waals surface area (Å²) in [4.78, 5) is 4.12. The molecule has 3 nitrogen and oxygen atoms in total. The van der Waals surface area contributed by atoms with Gasteiger partial charge in [-0.3, -0.25) is 4.98 Å². The third-order valence-corrected chi connectivity index (χ3v) is 3.15. The van der Waals surface area contributed by atoms with E-state index in [0.29, 0.717) is 0 Å². The Morgan fingerprint density at radius 1 is 1.50 bits per heavy atom. The maximum Gasteiger partial charge on any atom is 0.0300 e. The smallest absolute Gasteiger partial charge is 0.0300 e. The van der Waals surface area contributed by atoms with Gasteiger partial charge in [0.05, 0.1) is 0 Å². The second kappa shape index (κ2) is 6.61. The Morgan fingerprint density at radius 3 is 3.25 bits per heavy atom. The summed E-state index contributed by atoms with van der Waals surface area (Å²) in [6, 6.07) is 4.14. The van der Waals surface area contributed by atoms with Crippen LogP contribution in [0.1, 0.15) is 18.4 Å². The molecule has 0 aliphatic carbocycles. The summed E-state index contributed by atoms with van der Waals surface area (Å²) in [5.41, 5.74) is 1.32. The third-order valence-electron chi connectivity index (χ3n) is 3.15. The fraction of sp³-hybridized carbons (Fsp3) is 0.615. The first kappa shape index (κ1) is 11.6. The molecule has 1 fully saturated rings. The fourth-order valence-corrected chi connectivity index (χ4v) is 2.18. The molecular formula is C13H21N3. The van der Waals surface area contributed by atoms with Crippen LogP contribution in [-0.2, 0) is 6.42 Å². The highest BCUT2D eigenvalue weighted by Crippen LogP contribution is 2.08. The van der Waals surface area contributed by atoms with Crippen molar-refractivity contribution in [2.24, 2.45) is 5.92 Å². The molecule has 16 heavy (non-hydrogen) atoms. The molecule has 1 unspecified atom stereocenters. The highest BCUT2D eigenvalue weighted by atomic mass is 14.9. The zero-order valence-electron chi connectivity index (χ0n) is 9.78. The third kappa shape index (κ3) is 3.91. The first-order chi connectivity index (χ1) is 7.95. The highest BCUT2D eigenvalue weighted by molar-refractivity contribution is 5.08. The van der Waals surface area contributed by atoms with E-state index in [1.807, 2.05) is 18.5 Å². The second-order valence-electron chi connectivity index (χ2n) is 4.53. The normalized spacial score (nSPS) is 20.9. The van der Waals surface area contributed by atoms with E-state index < -0.39 is 0 Å². The van der Waals surface area contributed by atoms with Crippen LogP contribution in [0.2, 0.25) is 0 Å². The molecule has 0 radical (unpaired) electrons. The van der Waals surface area contributed by atoms with Crippen LogP contribution >= 0.6 is 0 Å². The van der Waals surface area contributed by atoms with Crippen LogP contribution in [0.4, 0.5) is 0 Å². The molecular weight excluding hydrogens is 198 g/mol. The fourth-order valence-electron chi connectivity index (χ4n) is 2.18. The standard InChI is InChI=1S/C13H21N3/c1-3-12(9-14-6-1)5-8-16-11-13-4-2-7-15-10-13/h1,3,6,9,13,15-16H,2,4-5,7-8,10-11H2. The monoisotopic (exact) mass is 219 g/mol. The van der Waals surface area contributed by atoms with Crippen LogP contribution in [0.25, 0.3) is 0 Å².